The maximum atomic E-state index is 12.3. The summed E-state index contributed by atoms with van der Waals surface area (Å²) >= 11 is 1.31. The van der Waals surface area contributed by atoms with Crippen LogP contribution in [0.4, 0.5) is 0 Å². The van der Waals surface area contributed by atoms with Gasteiger partial charge in [-0.2, -0.15) is 0 Å². The number of rotatable bonds is 6. The molecule has 9 heteroatoms. The molecule has 3 rings (SSSR count). The fourth-order valence-corrected chi connectivity index (χ4v) is 3.99. The van der Waals surface area contributed by atoms with Crippen molar-refractivity contribution in [3.05, 3.63) is 59.1 Å². The van der Waals surface area contributed by atoms with Crippen LogP contribution in [0.3, 0.4) is 0 Å². The van der Waals surface area contributed by atoms with Gasteiger partial charge in [0, 0.05) is 18.1 Å². The molecular formula is C14H15N3O4S2. The Balaban J connectivity index is 1.89. The number of furan rings is 1. The number of aromatic nitrogens is 2. The first-order chi connectivity index (χ1) is 10.9. The van der Waals surface area contributed by atoms with Gasteiger partial charge in [0.05, 0.1) is 19.1 Å². The van der Waals surface area contributed by atoms with Crippen LogP contribution < -0.4 is 4.72 Å². The summed E-state index contributed by atoms with van der Waals surface area (Å²) in [7, 11) is -2.16. The van der Waals surface area contributed by atoms with E-state index >= 15 is 0 Å². The molecule has 1 unspecified atom stereocenters. The molecule has 0 amide bonds. The van der Waals surface area contributed by atoms with Gasteiger partial charge in [-0.25, -0.2) is 18.1 Å². The summed E-state index contributed by atoms with van der Waals surface area (Å²) in [5.41, 5.74) is -1.58. The Bertz CT molecular complexity index is 833. The van der Waals surface area contributed by atoms with E-state index in [1.165, 1.54) is 34.7 Å². The second-order valence-corrected chi connectivity index (χ2v) is 7.68. The number of imidazole rings is 1. The van der Waals surface area contributed by atoms with Crippen LogP contribution in [0.2, 0.25) is 0 Å². The molecule has 0 aromatic carbocycles. The minimum Gasteiger partial charge on any atom is -0.466 e. The largest absolute Gasteiger partial charge is 0.466 e. The predicted octanol–water partition coefficient (Wildman–Crippen LogP) is 1.29. The van der Waals surface area contributed by atoms with Crippen LogP contribution in [0.15, 0.2) is 57.9 Å². The average molecular weight is 353 g/mol. The smallest absolute Gasteiger partial charge is 0.259 e. The van der Waals surface area contributed by atoms with E-state index in [1.54, 1.807) is 36.7 Å². The van der Waals surface area contributed by atoms with Crippen LogP contribution in [0.25, 0.3) is 0 Å². The standard InChI is InChI=1S/C14H15N3O4S2/c1-17-8-13(15-10-17)23(19,20)16-9-14(18,11-4-2-6-21-11)12-5-3-7-22-12/h2-8,10,16,18H,9H2,1H3. The summed E-state index contributed by atoms with van der Waals surface area (Å²) in [6.45, 7) is -0.264. The quantitative estimate of drug-likeness (QED) is 0.696. The number of sulfonamides is 1. The van der Waals surface area contributed by atoms with Gasteiger partial charge in [-0.05, 0) is 23.6 Å². The van der Waals surface area contributed by atoms with Crippen molar-refractivity contribution in [2.24, 2.45) is 7.05 Å². The van der Waals surface area contributed by atoms with Gasteiger partial charge in [0.15, 0.2) is 10.6 Å². The van der Waals surface area contributed by atoms with Crippen molar-refractivity contribution in [2.75, 3.05) is 6.54 Å². The maximum Gasteiger partial charge on any atom is 0.259 e. The van der Waals surface area contributed by atoms with Crippen LogP contribution in [0, 0.1) is 0 Å². The molecule has 0 saturated carbocycles. The third kappa shape index (κ3) is 3.08. The van der Waals surface area contributed by atoms with E-state index in [2.05, 4.69) is 9.71 Å². The summed E-state index contributed by atoms with van der Waals surface area (Å²) in [4.78, 5) is 4.40. The highest BCUT2D eigenvalue weighted by Crippen LogP contribution is 2.32. The third-order valence-electron chi connectivity index (χ3n) is 3.33. The van der Waals surface area contributed by atoms with E-state index in [-0.39, 0.29) is 17.3 Å². The van der Waals surface area contributed by atoms with E-state index in [1.807, 2.05) is 0 Å². The molecular weight excluding hydrogens is 338 g/mol. The first-order valence-electron chi connectivity index (χ1n) is 6.70. The fraction of sp³-hybridized carbons (Fsp3) is 0.214. The van der Waals surface area contributed by atoms with Crippen molar-refractivity contribution < 1.29 is 17.9 Å². The van der Waals surface area contributed by atoms with E-state index in [4.69, 9.17) is 4.42 Å². The first-order valence-corrected chi connectivity index (χ1v) is 9.06. The van der Waals surface area contributed by atoms with E-state index < -0.39 is 15.6 Å². The zero-order chi connectivity index (χ0) is 16.5. The van der Waals surface area contributed by atoms with Crippen molar-refractivity contribution in [3.8, 4) is 0 Å². The Labute approximate surface area is 137 Å². The van der Waals surface area contributed by atoms with Crippen LogP contribution in [0.1, 0.15) is 10.6 Å². The topological polar surface area (TPSA) is 97.4 Å². The fourth-order valence-electron chi connectivity index (χ4n) is 2.12. The summed E-state index contributed by atoms with van der Waals surface area (Å²) in [5, 5.41) is 12.7. The Kier molecular flexibility index (Phi) is 4.11. The van der Waals surface area contributed by atoms with Crippen molar-refractivity contribution in [1.82, 2.24) is 14.3 Å². The normalized spacial score (nSPS) is 14.7. The summed E-state index contributed by atoms with van der Waals surface area (Å²) in [5.74, 6) is 0.267. The maximum absolute atomic E-state index is 12.3. The Morgan fingerprint density at radius 1 is 1.43 bits per heavy atom. The lowest BCUT2D eigenvalue weighted by Crippen LogP contribution is -2.41. The van der Waals surface area contributed by atoms with Gasteiger partial charge in [-0.1, -0.05) is 6.07 Å². The molecule has 0 saturated heterocycles. The Morgan fingerprint density at radius 3 is 2.83 bits per heavy atom. The Hall–Kier alpha value is -1.94. The van der Waals surface area contributed by atoms with Crippen molar-refractivity contribution >= 4 is 21.4 Å². The molecule has 0 aliphatic carbocycles. The van der Waals surface area contributed by atoms with Crippen molar-refractivity contribution in [2.45, 2.75) is 10.6 Å². The van der Waals surface area contributed by atoms with E-state index in [0.29, 0.717) is 4.88 Å². The first kappa shape index (κ1) is 15.9. The number of thiophene rings is 1. The van der Waals surface area contributed by atoms with E-state index in [9.17, 15) is 13.5 Å². The molecule has 1 atom stereocenters. The molecule has 3 aromatic rings. The highest BCUT2D eigenvalue weighted by Gasteiger charge is 2.37. The molecule has 23 heavy (non-hydrogen) atoms. The minimum atomic E-state index is -3.83. The number of hydrogen-bond donors (Lipinski definition) is 2. The number of aliphatic hydroxyl groups is 1. The van der Waals surface area contributed by atoms with Crippen LogP contribution >= 0.6 is 11.3 Å². The zero-order valence-corrected chi connectivity index (χ0v) is 13.8. The molecule has 3 aromatic heterocycles. The minimum absolute atomic E-state index is 0.104. The number of nitrogens with one attached hydrogen (secondary N) is 1. The monoisotopic (exact) mass is 353 g/mol. The third-order valence-corrected chi connectivity index (χ3v) is 5.64. The molecule has 0 bridgehead atoms. The van der Waals surface area contributed by atoms with Gasteiger partial charge in [0.25, 0.3) is 10.0 Å². The lowest BCUT2D eigenvalue weighted by Gasteiger charge is -2.24. The van der Waals surface area contributed by atoms with Crippen molar-refractivity contribution in [1.29, 1.82) is 0 Å². The van der Waals surface area contributed by atoms with Gasteiger partial charge in [-0.3, -0.25) is 0 Å². The molecule has 0 spiro atoms. The number of aryl methyl sites for hydroxylation is 1. The second kappa shape index (κ2) is 5.93. The summed E-state index contributed by atoms with van der Waals surface area (Å²) in [6, 6.07) is 6.75. The zero-order valence-electron chi connectivity index (χ0n) is 12.2. The van der Waals surface area contributed by atoms with Gasteiger partial charge in [-0.15, -0.1) is 11.3 Å². The predicted molar refractivity (Wildman–Crippen MR) is 84.4 cm³/mol. The van der Waals surface area contributed by atoms with Gasteiger partial charge in [0.2, 0.25) is 0 Å². The Morgan fingerprint density at radius 2 is 2.26 bits per heavy atom. The van der Waals surface area contributed by atoms with Gasteiger partial charge >= 0.3 is 0 Å². The van der Waals surface area contributed by atoms with Crippen molar-refractivity contribution in [3.63, 3.8) is 0 Å². The second-order valence-electron chi connectivity index (χ2n) is 5.02. The molecule has 2 N–H and O–H groups in total. The van der Waals surface area contributed by atoms with Gasteiger partial charge in [0.1, 0.15) is 5.76 Å². The van der Waals surface area contributed by atoms with Crippen LogP contribution in [0.5, 0.6) is 0 Å². The SMILES string of the molecule is Cn1cnc(S(=O)(=O)NCC(O)(c2ccco2)c2cccs2)c1. The molecule has 0 aliphatic rings. The van der Waals surface area contributed by atoms with Gasteiger partial charge < -0.3 is 14.1 Å². The molecule has 3 heterocycles. The van der Waals surface area contributed by atoms with E-state index in [0.717, 1.165) is 0 Å². The van der Waals surface area contributed by atoms with Crippen LogP contribution in [-0.2, 0) is 22.7 Å². The molecule has 0 aliphatic heterocycles. The average Bonchev–Trinajstić information content (AvgIpc) is 3.25. The molecule has 0 fully saturated rings. The summed E-state index contributed by atoms with van der Waals surface area (Å²) < 4.78 is 33.8. The highest BCUT2D eigenvalue weighted by molar-refractivity contribution is 7.89. The molecule has 0 radical (unpaired) electrons. The number of nitrogens with zero attached hydrogens (tertiary/aromatic N) is 2. The molecule has 7 nitrogen and oxygen atoms in total. The number of hydrogen-bond acceptors (Lipinski definition) is 6. The lowest BCUT2D eigenvalue weighted by molar-refractivity contribution is 0.0655. The lowest BCUT2D eigenvalue weighted by atomic mass is 9.99. The van der Waals surface area contributed by atoms with Crippen LogP contribution in [-0.4, -0.2) is 29.6 Å². The summed E-state index contributed by atoms with van der Waals surface area (Å²) in [6.07, 6.45) is 4.22. The molecule has 122 valence electrons. The highest BCUT2D eigenvalue weighted by atomic mass is 32.2.